The standard InChI is InChI=1S/C19H28N6O/c1-4-7-25-13-16(9-22-25)12-24-8-5-6-18(24)19-17(11-21-15(3)26)10-20-14(2)23-19/h9-10,13,18H,4-8,11-12H2,1-3H3,(H,21,26)/t18-/m1/s1. The fourth-order valence-corrected chi connectivity index (χ4v) is 3.56. The lowest BCUT2D eigenvalue weighted by Crippen LogP contribution is -2.27. The molecule has 1 atom stereocenters. The van der Waals surface area contributed by atoms with Crippen molar-refractivity contribution in [3.63, 3.8) is 0 Å². The second-order valence-electron chi connectivity index (χ2n) is 6.98. The van der Waals surface area contributed by atoms with E-state index in [1.807, 2.05) is 24.0 Å². The molecule has 7 nitrogen and oxygen atoms in total. The number of rotatable bonds is 7. The van der Waals surface area contributed by atoms with Crippen LogP contribution in [0, 0.1) is 6.92 Å². The van der Waals surface area contributed by atoms with Crippen molar-refractivity contribution in [3.05, 3.63) is 41.2 Å². The second-order valence-corrected chi connectivity index (χ2v) is 6.98. The van der Waals surface area contributed by atoms with Crippen LogP contribution in [-0.4, -0.2) is 37.1 Å². The van der Waals surface area contributed by atoms with Crippen molar-refractivity contribution >= 4 is 5.91 Å². The fourth-order valence-electron chi connectivity index (χ4n) is 3.56. The largest absolute Gasteiger partial charge is 0.352 e. The van der Waals surface area contributed by atoms with Crippen molar-refractivity contribution in [2.24, 2.45) is 0 Å². The summed E-state index contributed by atoms with van der Waals surface area (Å²) in [5.41, 5.74) is 3.29. The van der Waals surface area contributed by atoms with Crippen molar-refractivity contribution in [3.8, 4) is 0 Å². The average molecular weight is 356 g/mol. The van der Waals surface area contributed by atoms with Crippen LogP contribution in [0.15, 0.2) is 18.6 Å². The number of amides is 1. The van der Waals surface area contributed by atoms with Gasteiger partial charge in [-0.3, -0.25) is 14.4 Å². The van der Waals surface area contributed by atoms with Crippen LogP contribution in [0.1, 0.15) is 61.8 Å². The maximum absolute atomic E-state index is 11.3. The molecule has 1 fully saturated rings. The Morgan fingerprint density at radius 2 is 2.23 bits per heavy atom. The zero-order valence-corrected chi connectivity index (χ0v) is 15.9. The van der Waals surface area contributed by atoms with Gasteiger partial charge in [0.25, 0.3) is 0 Å². The number of aryl methyl sites for hydroxylation is 2. The lowest BCUT2D eigenvalue weighted by Gasteiger charge is -2.25. The molecule has 0 unspecified atom stereocenters. The number of nitrogens with one attached hydrogen (secondary N) is 1. The molecule has 7 heteroatoms. The van der Waals surface area contributed by atoms with Crippen LogP contribution in [0.25, 0.3) is 0 Å². The van der Waals surface area contributed by atoms with Gasteiger partial charge >= 0.3 is 0 Å². The van der Waals surface area contributed by atoms with Crippen molar-refractivity contribution < 1.29 is 4.79 Å². The van der Waals surface area contributed by atoms with E-state index in [0.717, 1.165) is 56.0 Å². The van der Waals surface area contributed by atoms with E-state index in [-0.39, 0.29) is 11.9 Å². The van der Waals surface area contributed by atoms with E-state index in [1.165, 1.54) is 12.5 Å². The first-order valence-corrected chi connectivity index (χ1v) is 9.39. The molecule has 26 heavy (non-hydrogen) atoms. The number of aromatic nitrogens is 4. The van der Waals surface area contributed by atoms with Crippen LogP contribution in [0.4, 0.5) is 0 Å². The summed E-state index contributed by atoms with van der Waals surface area (Å²) in [4.78, 5) is 22.8. The molecule has 0 saturated carbocycles. The minimum absolute atomic E-state index is 0.0388. The third-order valence-electron chi connectivity index (χ3n) is 4.75. The Morgan fingerprint density at radius 3 is 3.00 bits per heavy atom. The Morgan fingerprint density at radius 1 is 1.38 bits per heavy atom. The predicted octanol–water partition coefficient (Wildman–Crippen LogP) is 2.36. The Kier molecular flexibility index (Phi) is 5.98. The van der Waals surface area contributed by atoms with Crippen LogP contribution in [0.2, 0.25) is 0 Å². The molecule has 1 aliphatic rings. The maximum Gasteiger partial charge on any atom is 0.217 e. The molecule has 0 aromatic carbocycles. The summed E-state index contributed by atoms with van der Waals surface area (Å²) in [6.45, 7) is 8.96. The Balaban J connectivity index is 1.78. The average Bonchev–Trinajstić information content (AvgIpc) is 3.24. The zero-order chi connectivity index (χ0) is 18.5. The van der Waals surface area contributed by atoms with E-state index in [2.05, 4.69) is 33.4 Å². The van der Waals surface area contributed by atoms with Gasteiger partial charge < -0.3 is 5.32 Å². The first-order chi connectivity index (χ1) is 12.6. The van der Waals surface area contributed by atoms with Gasteiger partial charge in [0.15, 0.2) is 0 Å². The summed E-state index contributed by atoms with van der Waals surface area (Å²) in [7, 11) is 0. The van der Waals surface area contributed by atoms with E-state index >= 15 is 0 Å². The highest BCUT2D eigenvalue weighted by molar-refractivity contribution is 5.72. The maximum atomic E-state index is 11.3. The van der Waals surface area contributed by atoms with Crippen molar-refractivity contribution in [2.75, 3.05) is 6.54 Å². The van der Waals surface area contributed by atoms with Gasteiger partial charge in [-0.05, 0) is 32.7 Å². The summed E-state index contributed by atoms with van der Waals surface area (Å²) in [6.07, 6.45) is 9.27. The van der Waals surface area contributed by atoms with Crippen molar-refractivity contribution in [2.45, 2.75) is 65.7 Å². The van der Waals surface area contributed by atoms with E-state index in [4.69, 9.17) is 4.98 Å². The smallest absolute Gasteiger partial charge is 0.217 e. The van der Waals surface area contributed by atoms with Crippen molar-refractivity contribution in [1.29, 1.82) is 0 Å². The molecule has 3 rings (SSSR count). The molecule has 0 aliphatic carbocycles. The van der Waals surface area contributed by atoms with Crippen molar-refractivity contribution in [1.82, 2.24) is 30.0 Å². The predicted molar refractivity (Wildman–Crippen MR) is 99.2 cm³/mol. The van der Waals surface area contributed by atoms with E-state index in [1.54, 1.807) is 0 Å². The Bertz CT molecular complexity index is 756. The number of carbonyl (C=O) groups excluding carboxylic acids is 1. The molecule has 1 N–H and O–H groups in total. The second kappa shape index (κ2) is 8.40. The third kappa shape index (κ3) is 4.46. The van der Waals surface area contributed by atoms with Crippen LogP contribution < -0.4 is 5.32 Å². The van der Waals surface area contributed by atoms with Gasteiger partial charge in [0.05, 0.1) is 17.9 Å². The number of nitrogens with zero attached hydrogens (tertiary/aromatic N) is 5. The Labute approximate surface area is 154 Å². The highest BCUT2D eigenvalue weighted by Crippen LogP contribution is 2.33. The molecule has 1 aliphatic heterocycles. The van der Waals surface area contributed by atoms with E-state index in [0.29, 0.717) is 6.54 Å². The van der Waals surface area contributed by atoms with Gasteiger partial charge in [0.1, 0.15) is 5.82 Å². The SMILES string of the molecule is CCCn1cc(CN2CCC[C@@H]2c2nc(C)ncc2CNC(C)=O)cn1. The summed E-state index contributed by atoms with van der Waals surface area (Å²) >= 11 is 0. The zero-order valence-electron chi connectivity index (χ0n) is 15.9. The quantitative estimate of drug-likeness (QED) is 0.824. The van der Waals surface area contributed by atoms with Gasteiger partial charge in [-0.15, -0.1) is 0 Å². The van der Waals surface area contributed by atoms with Gasteiger partial charge in [0, 0.05) is 50.1 Å². The van der Waals surface area contributed by atoms with Crippen LogP contribution in [0.5, 0.6) is 0 Å². The highest BCUT2D eigenvalue weighted by atomic mass is 16.1. The topological polar surface area (TPSA) is 75.9 Å². The van der Waals surface area contributed by atoms with Gasteiger partial charge in [-0.25, -0.2) is 9.97 Å². The minimum Gasteiger partial charge on any atom is -0.352 e. The Hall–Kier alpha value is -2.28. The third-order valence-corrected chi connectivity index (χ3v) is 4.75. The molecule has 3 heterocycles. The lowest BCUT2D eigenvalue weighted by atomic mass is 10.1. The molecule has 1 amide bonds. The molecular weight excluding hydrogens is 328 g/mol. The van der Waals surface area contributed by atoms with Gasteiger partial charge in [0.2, 0.25) is 5.91 Å². The van der Waals surface area contributed by atoms with Crippen LogP contribution in [-0.2, 0) is 24.4 Å². The van der Waals surface area contributed by atoms with Crippen LogP contribution >= 0.6 is 0 Å². The first-order valence-electron chi connectivity index (χ1n) is 9.39. The highest BCUT2D eigenvalue weighted by Gasteiger charge is 2.29. The number of carbonyl (C=O) groups is 1. The summed E-state index contributed by atoms with van der Waals surface area (Å²) in [6, 6.07) is 0.259. The van der Waals surface area contributed by atoms with Gasteiger partial charge in [-0.2, -0.15) is 5.10 Å². The molecule has 1 saturated heterocycles. The lowest BCUT2D eigenvalue weighted by molar-refractivity contribution is -0.119. The monoisotopic (exact) mass is 356 g/mol. The van der Waals surface area contributed by atoms with Crippen LogP contribution in [0.3, 0.4) is 0 Å². The molecule has 2 aromatic rings. The molecule has 2 aromatic heterocycles. The number of hydrogen-bond donors (Lipinski definition) is 1. The molecule has 0 bridgehead atoms. The molecule has 0 spiro atoms. The molecule has 0 radical (unpaired) electrons. The van der Waals surface area contributed by atoms with E-state index in [9.17, 15) is 4.79 Å². The fraction of sp³-hybridized carbons (Fsp3) is 0.579. The normalized spacial score (nSPS) is 17.6. The summed E-state index contributed by atoms with van der Waals surface area (Å²) < 4.78 is 2.01. The first kappa shape index (κ1) is 18.5. The minimum atomic E-state index is -0.0388. The summed E-state index contributed by atoms with van der Waals surface area (Å²) in [5, 5.41) is 7.32. The molecular formula is C19H28N6O. The summed E-state index contributed by atoms with van der Waals surface area (Å²) in [5.74, 6) is 0.734. The number of hydrogen-bond acceptors (Lipinski definition) is 5. The van der Waals surface area contributed by atoms with Gasteiger partial charge in [-0.1, -0.05) is 6.92 Å². The molecule has 140 valence electrons. The van der Waals surface area contributed by atoms with E-state index < -0.39 is 0 Å². The number of likely N-dealkylation sites (tertiary alicyclic amines) is 1.